The Hall–Kier alpha value is -0.940. The summed E-state index contributed by atoms with van der Waals surface area (Å²) in [7, 11) is 0. The summed E-state index contributed by atoms with van der Waals surface area (Å²) >= 11 is 1.55. The Morgan fingerprint density at radius 1 is 1.53 bits per heavy atom. The van der Waals surface area contributed by atoms with Crippen LogP contribution in [-0.4, -0.2) is 16.4 Å². The maximum Gasteiger partial charge on any atom is 0.240 e. The van der Waals surface area contributed by atoms with Crippen molar-refractivity contribution in [2.75, 3.05) is 0 Å². The Kier molecular flexibility index (Phi) is 3.23. The molecule has 17 heavy (non-hydrogen) atoms. The highest BCUT2D eigenvalue weighted by atomic mass is 32.1. The van der Waals surface area contributed by atoms with Gasteiger partial charge in [-0.2, -0.15) is 0 Å². The quantitative estimate of drug-likeness (QED) is 0.862. The van der Waals surface area contributed by atoms with Crippen molar-refractivity contribution >= 4 is 17.2 Å². The molecule has 0 atom stereocenters. The molecule has 1 aliphatic rings. The zero-order valence-electron chi connectivity index (χ0n) is 10.3. The molecule has 0 spiro atoms. The molecule has 1 heterocycles. The average molecular weight is 253 g/mol. The van der Waals surface area contributed by atoms with Crippen molar-refractivity contribution in [2.24, 2.45) is 5.73 Å². The third-order valence-electron chi connectivity index (χ3n) is 3.34. The minimum atomic E-state index is -0.672. The zero-order chi connectivity index (χ0) is 12.5. The standard InChI is InChI=1S/C12H19N3OS/c1-11(2,10-14-7-8-17-10)15-9(16)12(13)5-3-4-6-12/h7-8H,3-6,13H2,1-2H3,(H,15,16). The van der Waals surface area contributed by atoms with Gasteiger partial charge in [-0.25, -0.2) is 4.98 Å². The first-order valence-electron chi connectivity index (χ1n) is 5.95. The maximum absolute atomic E-state index is 12.2. The second-order valence-corrected chi connectivity index (χ2v) is 6.17. The molecule has 4 nitrogen and oxygen atoms in total. The fourth-order valence-corrected chi connectivity index (χ4v) is 2.94. The Balaban J connectivity index is 2.08. The first-order chi connectivity index (χ1) is 7.94. The van der Waals surface area contributed by atoms with E-state index in [1.54, 1.807) is 17.5 Å². The van der Waals surface area contributed by atoms with E-state index in [1.807, 2.05) is 19.2 Å². The van der Waals surface area contributed by atoms with Crippen molar-refractivity contribution in [3.63, 3.8) is 0 Å². The van der Waals surface area contributed by atoms with Crippen LogP contribution in [0, 0.1) is 0 Å². The van der Waals surface area contributed by atoms with Gasteiger partial charge < -0.3 is 11.1 Å². The van der Waals surface area contributed by atoms with Gasteiger partial charge in [0.15, 0.2) is 0 Å². The second kappa shape index (κ2) is 4.38. The highest BCUT2D eigenvalue weighted by Crippen LogP contribution is 2.29. The lowest BCUT2D eigenvalue weighted by molar-refractivity contribution is -0.127. The molecule has 1 aliphatic carbocycles. The fraction of sp³-hybridized carbons (Fsp3) is 0.667. The molecule has 0 aromatic carbocycles. The largest absolute Gasteiger partial charge is 0.343 e. The number of nitrogens with one attached hydrogen (secondary N) is 1. The summed E-state index contributed by atoms with van der Waals surface area (Å²) in [6.07, 6.45) is 5.41. The third kappa shape index (κ3) is 2.50. The molecule has 0 saturated heterocycles. The number of nitrogens with two attached hydrogens (primary N) is 1. The molecule has 1 aromatic rings. The molecule has 0 aliphatic heterocycles. The topological polar surface area (TPSA) is 68.0 Å². The van der Waals surface area contributed by atoms with E-state index in [2.05, 4.69) is 10.3 Å². The van der Waals surface area contributed by atoms with Gasteiger partial charge in [-0.05, 0) is 26.7 Å². The van der Waals surface area contributed by atoms with E-state index in [4.69, 9.17) is 5.73 Å². The van der Waals surface area contributed by atoms with Gasteiger partial charge in [0.1, 0.15) is 5.01 Å². The molecule has 1 amide bonds. The van der Waals surface area contributed by atoms with Crippen LogP contribution in [0.15, 0.2) is 11.6 Å². The lowest BCUT2D eigenvalue weighted by Gasteiger charge is -2.30. The summed E-state index contributed by atoms with van der Waals surface area (Å²) in [5, 5.41) is 5.85. The van der Waals surface area contributed by atoms with E-state index in [1.165, 1.54) is 0 Å². The average Bonchev–Trinajstić information content (AvgIpc) is 2.87. The van der Waals surface area contributed by atoms with Crippen LogP contribution < -0.4 is 11.1 Å². The van der Waals surface area contributed by atoms with Crippen molar-refractivity contribution in [2.45, 2.75) is 50.6 Å². The minimum Gasteiger partial charge on any atom is -0.343 e. The van der Waals surface area contributed by atoms with Crippen LogP contribution in [0.2, 0.25) is 0 Å². The molecule has 0 bridgehead atoms. The molecule has 3 N–H and O–H groups in total. The number of hydrogen-bond donors (Lipinski definition) is 2. The number of aromatic nitrogens is 1. The van der Waals surface area contributed by atoms with Gasteiger partial charge in [0, 0.05) is 11.6 Å². The molecule has 5 heteroatoms. The SMILES string of the molecule is CC(C)(NC(=O)C1(N)CCCC1)c1nccs1. The molecular formula is C12H19N3OS. The molecule has 0 unspecified atom stereocenters. The van der Waals surface area contributed by atoms with Crippen LogP contribution in [0.5, 0.6) is 0 Å². The molecule has 1 saturated carbocycles. The van der Waals surface area contributed by atoms with E-state index in [0.717, 1.165) is 30.7 Å². The third-order valence-corrected chi connectivity index (χ3v) is 4.44. The summed E-state index contributed by atoms with van der Waals surface area (Å²) < 4.78 is 0. The van der Waals surface area contributed by atoms with Crippen LogP contribution in [0.3, 0.4) is 0 Å². The van der Waals surface area contributed by atoms with E-state index in [-0.39, 0.29) is 5.91 Å². The summed E-state index contributed by atoms with van der Waals surface area (Å²) in [6, 6.07) is 0. The zero-order valence-corrected chi connectivity index (χ0v) is 11.1. The Bertz CT molecular complexity index is 394. The van der Waals surface area contributed by atoms with Gasteiger partial charge in [0.05, 0.1) is 11.1 Å². The van der Waals surface area contributed by atoms with Gasteiger partial charge >= 0.3 is 0 Å². The van der Waals surface area contributed by atoms with E-state index >= 15 is 0 Å². The van der Waals surface area contributed by atoms with Crippen molar-refractivity contribution in [3.8, 4) is 0 Å². The fourth-order valence-electron chi connectivity index (χ4n) is 2.23. The lowest BCUT2D eigenvalue weighted by Crippen LogP contribution is -2.56. The van der Waals surface area contributed by atoms with Gasteiger partial charge in [-0.1, -0.05) is 12.8 Å². The van der Waals surface area contributed by atoms with Crippen molar-refractivity contribution in [3.05, 3.63) is 16.6 Å². The predicted molar refractivity (Wildman–Crippen MR) is 68.7 cm³/mol. The molecule has 1 fully saturated rings. The number of rotatable bonds is 3. The number of thiazole rings is 1. The lowest BCUT2D eigenvalue weighted by atomic mass is 9.95. The highest BCUT2D eigenvalue weighted by Gasteiger charge is 2.39. The van der Waals surface area contributed by atoms with Crippen LogP contribution in [0.4, 0.5) is 0 Å². The maximum atomic E-state index is 12.2. The van der Waals surface area contributed by atoms with Crippen LogP contribution in [0.25, 0.3) is 0 Å². The normalized spacial score (nSPS) is 19.2. The molecule has 1 aromatic heterocycles. The van der Waals surface area contributed by atoms with Gasteiger partial charge in [-0.15, -0.1) is 11.3 Å². The number of carbonyl (C=O) groups excluding carboxylic acids is 1. The number of amides is 1. The van der Waals surface area contributed by atoms with Crippen LogP contribution in [-0.2, 0) is 10.3 Å². The van der Waals surface area contributed by atoms with E-state index in [9.17, 15) is 4.79 Å². The molecule has 2 rings (SSSR count). The van der Waals surface area contributed by atoms with Gasteiger partial charge in [0.25, 0.3) is 0 Å². The summed E-state index contributed by atoms with van der Waals surface area (Å²) in [6.45, 7) is 3.92. The summed E-state index contributed by atoms with van der Waals surface area (Å²) in [4.78, 5) is 16.5. The van der Waals surface area contributed by atoms with Crippen molar-refractivity contribution in [1.29, 1.82) is 0 Å². The monoisotopic (exact) mass is 253 g/mol. The summed E-state index contributed by atoms with van der Waals surface area (Å²) in [5.74, 6) is -0.0461. The Morgan fingerprint density at radius 2 is 2.18 bits per heavy atom. The summed E-state index contributed by atoms with van der Waals surface area (Å²) in [5.41, 5.74) is 5.02. The van der Waals surface area contributed by atoms with Crippen molar-refractivity contribution < 1.29 is 4.79 Å². The van der Waals surface area contributed by atoms with Crippen LogP contribution >= 0.6 is 11.3 Å². The number of carbonyl (C=O) groups is 1. The minimum absolute atomic E-state index is 0.0461. The van der Waals surface area contributed by atoms with E-state index in [0.29, 0.717) is 0 Å². The Morgan fingerprint density at radius 3 is 2.71 bits per heavy atom. The van der Waals surface area contributed by atoms with Gasteiger partial charge in [-0.3, -0.25) is 4.79 Å². The highest BCUT2D eigenvalue weighted by molar-refractivity contribution is 7.09. The first-order valence-corrected chi connectivity index (χ1v) is 6.83. The first kappa shape index (κ1) is 12.5. The van der Waals surface area contributed by atoms with Gasteiger partial charge in [0.2, 0.25) is 5.91 Å². The molecular weight excluding hydrogens is 234 g/mol. The van der Waals surface area contributed by atoms with E-state index < -0.39 is 11.1 Å². The predicted octanol–water partition coefficient (Wildman–Crippen LogP) is 1.77. The smallest absolute Gasteiger partial charge is 0.240 e. The molecule has 94 valence electrons. The Labute approximate surface area is 106 Å². The van der Waals surface area contributed by atoms with Crippen molar-refractivity contribution in [1.82, 2.24) is 10.3 Å². The molecule has 0 radical (unpaired) electrons. The number of hydrogen-bond acceptors (Lipinski definition) is 4. The number of nitrogens with zero attached hydrogens (tertiary/aromatic N) is 1. The van der Waals surface area contributed by atoms with Crippen LogP contribution in [0.1, 0.15) is 44.5 Å². The second-order valence-electron chi connectivity index (χ2n) is 5.28.